The molecule has 0 fully saturated rings. The van der Waals surface area contributed by atoms with Gasteiger partial charge in [0.15, 0.2) is 5.65 Å². The second-order valence-corrected chi connectivity index (χ2v) is 2.78. The van der Waals surface area contributed by atoms with Crippen LogP contribution in [0.5, 0.6) is 0 Å². The topological polar surface area (TPSA) is 107 Å². The zero-order valence-electron chi connectivity index (χ0n) is 7.29. The maximum Gasteiger partial charge on any atom is 0.335 e. The smallest absolute Gasteiger partial charge is 0.335 e. The fourth-order valence-corrected chi connectivity index (χ4v) is 1.22. The molecule has 0 aliphatic heterocycles. The summed E-state index contributed by atoms with van der Waals surface area (Å²) in [5.74, 6) is -0.132. The lowest BCUT2D eigenvalue weighted by Crippen LogP contribution is -2.38. The van der Waals surface area contributed by atoms with E-state index in [0.29, 0.717) is 0 Å². The molecule has 0 radical (unpaired) electrons. The van der Waals surface area contributed by atoms with E-state index in [1.54, 1.807) is 0 Å². The van der Waals surface area contributed by atoms with Gasteiger partial charge in [0.05, 0.1) is 6.33 Å². The molecule has 72 valence electrons. The number of hydrogen-bond donors (Lipinski definition) is 3. The summed E-state index contributed by atoms with van der Waals surface area (Å²) in [6.45, 7) is 1.36. The van der Waals surface area contributed by atoms with Crippen molar-refractivity contribution in [2.75, 3.05) is 0 Å². The summed E-state index contributed by atoms with van der Waals surface area (Å²) >= 11 is 0. The van der Waals surface area contributed by atoms with Crippen molar-refractivity contribution in [1.29, 1.82) is 5.41 Å². The molecule has 0 saturated heterocycles. The Morgan fingerprint density at radius 1 is 1.57 bits per heavy atom. The highest BCUT2D eigenvalue weighted by Crippen LogP contribution is 1.94. The van der Waals surface area contributed by atoms with Gasteiger partial charge < -0.3 is 4.98 Å². The molecule has 0 unspecified atom stereocenters. The van der Waals surface area contributed by atoms with Crippen molar-refractivity contribution >= 4 is 17.0 Å². The minimum atomic E-state index is -0.651. The maximum atomic E-state index is 11.6. The lowest BCUT2D eigenvalue weighted by Gasteiger charge is -1.99. The predicted octanol–water partition coefficient (Wildman–Crippen LogP) is -0.742. The molecule has 7 heteroatoms. The normalized spacial score (nSPS) is 10.6. The monoisotopic (exact) mass is 193 g/mol. The van der Waals surface area contributed by atoms with Gasteiger partial charge in [-0.15, -0.1) is 0 Å². The van der Waals surface area contributed by atoms with Gasteiger partial charge in [0.2, 0.25) is 0 Å². The van der Waals surface area contributed by atoms with Gasteiger partial charge in [-0.25, -0.2) is 14.3 Å². The third-order valence-corrected chi connectivity index (χ3v) is 1.82. The first-order valence-electron chi connectivity index (χ1n) is 3.85. The van der Waals surface area contributed by atoms with E-state index in [2.05, 4.69) is 15.0 Å². The van der Waals surface area contributed by atoms with Gasteiger partial charge >= 0.3 is 5.69 Å². The zero-order valence-corrected chi connectivity index (χ0v) is 7.29. The second kappa shape index (κ2) is 2.66. The van der Waals surface area contributed by atoms with Gasteiger partial charge in [0.1, 0.15) is 11.4 Å². The molecule has 0 aromatic carbocycles. The van der Waals surface area contributed by atoms with E-state index in [-0.39, 0.29) is 17.0 Å². The van der Waals surface area contributed by atoms with Gasteiger partial charge in [0.25, 0.3) is 5.56 Å². The molecular weight excluding hydrogens is 186 g/mol. The molecule has 0 spiro atoms. The lowest BCUT2D eigenvalue weighted by atomic mass is 10.5. The molecule has 0 bridgehead atoms. The number of fused-ring (bicyclic) bond motifs is 1. The van der Waals surface area contributed by atoms with Crippen molar-refractivity contribution in [1.82, 2.24) is 19.5 Å². The fraction of sp³-hybridized carbons (Fsp3) is 0.143. The van der Waals surface area contributed by atoms with Crippen molar-refractivity contribution in [3.05, 3.63) is 27.2 Å². The molecule has 0 aliphatic carbocycles. The molecule has 2 rings (SSSR count). The highest BCUT2D eigenvalue weighted by atomic mass is 16.2. The van der Waals surface area contributed by atoms with E-state index in [9.17, 15) is 9.59 Å². The minimum Gasteiger partial charge on any atom is -0.339 e. The molecule has 0 atom stereocenters. The van der Waals surface area contributed by atoms with Crippen LogP contribution in [-0.2, 0) is 0 Å². The van der Waals surface area contributed by atoms with Crippen molar-refractivity contribution in [3.8, 4) is 0 Å². The largest absolute Gasteiger partial charge is 0.339 e. The number of aromatic nitrogens is 4. The van der Waals surface area contributed by atoms with Crippen LogP contribution in [0.25, 0.3) is 11.2 Å². The average molecular weight is 193 g/mol. The van der Waals surface area contributed by atoms with E-state index < -0.39 is 11.2 Å². The van der Waals surface area contributed by atoms with Crippen molar-refractivity contribution in [2.45, 2.75) is 6.92 Å². The fourth-order valence-electron chi connectivity index (χ4n) is 1.22. The minimum absolute atomic E-state index is 0.132. The molecular formula is C7H7N5O2. The van der Waals surface area contributed by atoms with Crippen molar-refractivity contribution in [2.24, 2.45) is 0 Å². The predicted molar refractivity (Wildman–Crippen MR) is 49.8 cm³/mol. The summed E-state index contributed by atoms with van der Waals surface area (Å²) in [6, 6.07) is 0. The highest BCUT2D eigenvalue weighted by Gasteiger charge is 2.09. The molecule has 2 aromatic heterocycles. The van der Waals surface area contributed by atoms with Gasteiger partial charge in [0, 0.05) is 0 Å². The van der Waals surface area contributed by atoms with Crippen LogP contribution in [0, 0.1) is 5.41 Å². The van der Waals surface area contributed by atoms with Crippen LogP contribution in [0.15, 0.2) is 15.9 Å². The molecule has 14 heavy (non-hydrogen) atoms. The molecule has 2 aromatic rings. The summed E-state index contributed by atoms with van der Waals surface area (Å²) in [5.41, 5.74) is -0.815. The Bertz CT molecular complexity index is 617. The van der Waals surface area contributed by atoms with Gasteiger partial charge in [-0.2, -0.15) is 0 Å². The molecule has 0 amide bonds. The molecule has 0 saturated carbocycles. The van der Waals surface area contributed by atoms with Crippen LogP contribution >= 0.6 is 0 Å². The average Bonchev–Trinajstić information content (AvgIpc) is 2.50. The van der Waals surface area contributed by atoms with Gasteiger partial charge in [-0.05, 0) is 6.92 Å². The van der Waals surface area contributed by atoms with E-state index in [1.165, 1.54) is 13.3 Å². The zero-order chi connectivity index (χ0) is 10.3. The number of aromatic amines is 2. The number of rotatable bonds is 0. The van der Waals surface area contributed by atoms with E-state index in [1.807, 2.05) is 0 Å². The summed E-state index contributed by atoms with van der Waals surface area (Å²) in [5, 5.41) is 7.25. The second-order valence-electron chi connectivity index (χ2n) is 2.78. The summed E-state index contributed by atoms with van der Waals surface area (Å²) in [4.78, 5) is 31.6. The third-order valence-electron chi connectivity index (χ3n) is 1.82. The Labute approximate surface area is 76.9 Å². The first-order valence-corrected chi connectivity index (χ1v) is 3.85. The molecule has 2 heterocycles. The number of imidazole rings is 1. The Morgan fingerprint density at radius 3 is 2.93 bits per heavy atom. The molecule has 7 nitrogen and oxygen atoms in total. The maximum absolute atomic E-state index is 11.6. The number of H-pyrrole nitrogens is 2. The summed E-state index contributed by atoms with van der Waals surface area (Å²) in [6.07, 6.45) is 1.31. The Hall–Kier alpha value is -2.18. The molecule has 0 aliphatic rings. The van der Waals surface area contributed by atoms with Crippen molar-refractivity contribution < 1.29 is 0 Å². The van der Waals surface area contributed by atoms with E-state index in [4.69, 9.17) is 5.41 Å². The summed E-state index contributed by atoms with van der Waals surface area (Å²) in [7, 11) is 0. The van der Waals surface area contributed by atoms with E-state index in [0.717, 1.165) is 4.57 Å². The first kappa shape index (κ1) is 8.42. The number of nitrogens with zero attached hydrogens (tertiary/aromatic N) is 2. The van der Waals surface area contributed by atoms with Gasteiger partial charge in [-0.3, -0.25) is 15.2 Å². The third kappa shape index (κ3) is 0.987. The Kier molecular flexibility index (Phi) is 1.60. The Balaban J connectivity index is 3.05. The van der Waals surface area contributed by atoms with Crippen LogP contribution < -0.4 is 11.2 Å². The quantitative estimate of drug-likeness (QED) is 0.378. The van der Waals surface area contributed by atoms with Crippen LogP contribution in [0.4, 0.5) is 0 Å². The van der Waals surface area contributed by atoms with Crippen LogP contribution in [0.2, 0.25) is 0 Å². The SMILES string of the molecule is CC(=N)n1c(=O)[nH]c2nc[nH]c2c1=O. The standard InChI is InChI=1S/C7H7N5O2/c1-3(8)12-6(13)4-5(10-2-9-4)11-7(12)14/h2,8H,1H3,(H,9,10)(H,11,14). The number of hydrogen-bond acceptors (Lipinski definition) is 4. The highest BCUT2D eigenvalue weighted by molar-refractivity contribution is 5.81. The van der Waals surface area contributed by atoms with Crippen LogP contribution in [-0.4, -0.2) is 25.4 Å². The lowest BCUT2D eigenvalue weighted by molar-refractivity contribution is 0.930. The number of nitrogens with one attached hydrogen (secondary N) is 3. The van der Waals surface area contributed by atoms with Crippen molar-refractivity contribution in [3.63, 3.8) is 0 Å². The van der Waals surface area contributed by atoms with Crippen LogP contribution in [0.1, 0.15) is 6.92 Å². The van der Waals surface area contributed by atoms with E-state index >= 15 is 0 Å². The van der Waals surface area contributed by atoms with Gasteiger partial charge in [-0.1, -0.05) is 0 Å². The Morgan fingerprint density at radius 2 is 2.29 bits per heavy atom. The first-order chi connectivity index (χ1) is 6.61. The summed E-state index contributed by atoms with van der Waals surface area (Å²) < 4.78 is 0.737. The molecule has 3 N–H and O–H groups in total. The van der Waals surface area contributed by atoms with Crippen LogP contribution in [0.3, 0.4) is 0 Å².